The van der Waals surface area contributed by atoms with E-state index in [4.69, 9.17) is 9.47 Å². The molecular formula is C26H33N5O5. The van der Waals surface area contributed by atoms with Gasteiger partial charge in [0.2, 0.25) is 0 Å². The minimum atomic E-state index is -1.74. The average molecular weight is 496 g/mol. The molecule has 4 rings (SSSR count). The van der Waals surface area contributed by atoms with Gasteiger partial charge >= 0.3 is 11.9 Å². The van der Waals surface area contributed by atoms with Crippen LogP contribution in [0.25, 0.3) is 0 Å². The topological polar surface area (TPSA) is 105 Å². The van der Waals surface area contributed by atoms with E-state index in [9.17, 15) is 14.4 Å². The highest BCUT2D eigenvalue weighted by Crippen LogP contribution is 2.60. The average Bonchev–Trinajstić information content (AvgIpc) is 2.89. The SMILES string of the molecule is COC(=O)C12CN(C(C)N(C)C)CC(C(=O)OC)(C1=O)C(c1ccccn1)N(C)C2c1ccccn1. The minimum absolute atomic E-state index is 0.0527. The van der Waals surface area contributed by atoms with Crippen molar-refractivity contribution >= 4 is 17.7 Å². The standard InChI is InChI=1S/C26H33N5O5/c1-17(29(2)3)31-15-25(23(33)35-5)20(18-11-7-9-13-27-18)30(4)21(19-12-8-10-14-28-19)26(16-31,22(25)32)24(34)36-6/h7-14,17,20-21H,15-16H2,1-6H3. The zero-order valence-corrected chi connectivity index (χ0v) is 21.5. The van der Waals surface area contributed by atoms with Gasteiger partial charge in [0.1, 0.15) is 0 Å². The van der Waals surface area contributed by atoms with Crippen LogP contribution in [0.4, 0.5) is 0 Å². The van der Waals surface area contributed by atoms with Gasteiger partial charge in [0.15, 0.2) is 16.6 Å². The Morgan fingerprint density at radius 3 is 1.72 bits per heavy atom. The van der Waals surface area contributed by atoms with Gasteiger partial charge in [-0.1, -0.05) is 12.1 Å². The van der Waals surface area contributed by atoms with Gasteiger partial charge in [-0.15, -0.1) is 0 Å². The first-order chi connectivity index (χ1) is 17.2. The number of rotatable bonds is 6. The Bertz CT molecular complexity index is 1050. The van der Waals surface area contributed by atoms with E-state index in [2.05, 4.69) is 9.97 Å². The van der Waals surface area contributed by atoms with E-state index in [1.165, 1.54) is 14.2 Å². The summed E-state index contributed by atoms with van der Waals surface area (Å²) in [6.45, 7) is 2.07. The molecule has 0 spiro atoms. The van der Waals surface area contributed by atoms with Crippen molar-refractivity contribution in [1.29, 1.82) is 0 Å². The van der Waals surface area contributed by atoms with Gasteiger partial charge < -0.3 is 9.47 Å². The summed E-state index contributed by atoms with van der Waals surface area (Å²) in [6, 6.07) is 9.10. The van der Waals surface area contributed by atoms with Crippen molar-refractivity contribution in [1.82, 2.24) is 24.7 Å². The molecule has 0 amide bonds. The summed E-state index contributed by atoms with van der Waals surface area (Å²) in [7, 11) is 8.14. The van der Waals surface area contributed by atoms with Crippen LogP contribution in [0.15, 0.2) is 48.8 Å². The molecule has 0 aliphatic carbocycles. The highest BCUT2D eigenvalue weighted by molar-refractivity contribution is 6.17. The van der Waals surface area contributed by atoms with Crippen molar-refractivity contribution in [2.75, 3.05) is 48.5 Å². The largest absolute Gasteiger partial charge is 0.468 e. The first-order valence-electron chi connectivity index (χ1n) is 11.8. The van der Waals surface area contributed by atoms with Crippen molar-refractivity contribution in [3.63, 3.8) is 0 Å². The molecule has 2 fully saturated rings. The molecule has 4 heterocycles. The zero-order chi connectivity index (χ0) is 26.3. The van der Waals surface area contributed by atoms with Gasteiger partial charge in [0.05, 0.1) is 43.9 Å². The van der Waals surface area contributed by atoms with Crippen LogP contribution in [-0.2, 0) is 23.9 Å². The number of likely N-dealkylation sites (tertiary alicyclic amines) is 2. The molecule has 0 aromatic carbocycles. The number of aromatic nitrogens is 2. The molecular weight excluding hydrogens is 462 g/mol. The summed E-state index contributed by atoms with van der Waals surface area (Å²) >= 11 is 0. The van der Waals surface area contributed by atoms with Gasteiger partial charge in [-0.05, 0) is 52.3 Å². The maximum Gasteiger partial charge on any atom is 0.322 e. The van der Waals surface area contributed by atoms with Crippen LogP contribution >= 0.6 is 0 Å². The van der Waals surface area contributed by atoms with Crippen LogP contribution in [0.2, 0.25) is 0 Å². The highest BCUT2D eigenvalue weighted by atomic mass is 16.5. The maximum absolute atomic E-state index is 14.8. The number of ether oxygens (including phenoxy) is 2. The molecule has 2 aliphatic heterocycles. The number of pyridine rings is 2. The Hall–Kier alpha value is -3.21. The molecule has 2 aromatic rings. The van der Waals surface area contributed by atoms with E-state index in [0.717, 1.165) is 0 Å². The molecule has 0 radical (unpaired) electrons. The number of hydrogen-bond acceptors (Lipinski definition) is 10. The number of carbonyl (C=O) groups is 3. The fourth-order valence-electron chi connectivity index (χ4n) is 5.99. The molecule has 192 valence electrons. The Kier molecular flexibility index (Phi) is 6.96. The molecule has 2 bridgehead atoms. The number of Topliss-reactive ketones (excluding diaryl/α,β-unsaturated/α-hetero) is 1. The number of carbonyl (C=O) groups excluding carboxylic acids is 3. The predicted molar refractivity (Wildman–Crippen MR) is 130 cm³/mol. The van der Waals surface area contributed by atoms with Gasteiger partial charge in [-0.25, -0.2) is 0 Å². The van der Waals surface area contributed by atoms with Crippen molar-refractivity contribution in [2.24, 2.45) is 10.8 Å². The lowest BCUT2D eigenvalue weighted by Gasteiger charge is -2.61. The Morgan fingerprint density at radius 2 is 1.39 bits per heavy atom. The van der Waals surface area contributed by atoms with Crippen LogP contribution in [0.3, 0.4) is 0 Å². The van der Waals surface area contributed by atoms with E-state index in [0.29, 0.717) is 11.4 Å². The molecule has 2 aromatic heterocycles. The molecule has 0 saturated carbocycles. The minimum Gasteiger partial charge on any atom is -0.468 e. The number of methoxy groups -OCH3 is 2. The molecule has 36 heavy (non-hydrogen) atoms. The second-order valence-electron chi connectivity index (χ2n) is 9.74. The summed E-state index contributed by atoms with van der Waals surface area (Å²) in [4.78, 5) is 57.2. The molecule has 0 N–H and O–H groups in total. The quantitative estimate of drug-likeness (QED) is 0.430. The number of piperidine rings is 2. The predicted octanol–water partition coefficient (Wildman–Crippen LogP) is 1.32. The Morgan fingerprint density at radius 1 is 0.944 bits per heavy atom. The first-order valence-corrected chi connectivity index (χ1v) is 11.8. The van der Waals surface area contributed by atoms with Crippen molar-refractivity contribution in [2.45, 2.75) is 25.2 Å². The van der Waals surface area contributed by atoms with E-state index in [1.807, 2.05) is 47.9 Å². The lowest BCUT2D eigenvalue weighted by molar-refractivity contribution is -0.207. The van der Waals surface area contributed by atoms with E-state index in [1.54, 1.807) is 43.7 Å². The summed E-state index contributed by atoms with van der Waals surface area (Å²) in [6.07, 6.45) is 3.04. The molecule has 5 atom stereocenters. The second kappa shape index (κ2) is 9.68. The zero-order valence-electron chi connectivity index (χ0n) is 21.5. The molecule has 10 heteroatoms. The number of nitrogens with zero attached hydrogens (tertiary/aromatic N) is 5. The molecule has 5 unspecified atom stereocenters. The molecule has 10 nitrogen and oxygen atoms in total. The van der Waals surface area contributed by atoms with Crippen LogP contribution in [-0.4, -0.2) is 97.0 Å². The number of ketones is 1. The molecule has 2 saturated heterocycles. The molecule has 2 aliphatic rings. The third-order valence-corrected chi connectivity index (χ3v) is 7.77. The second-order valence-corrected chi connectivity index (χ2v) is 9.74. The fraction of sp³-hybridized carbons (Fsp3) is 0.500. The van der Waals surface area contributed by atoms with Gasteiger partial charge in [-0.2, -0.15) is 0 Å². The van der Waals surface area contributed by atoms with E-state index < -0.39 is 40.6 Å². The first kappa shape index (κ1) is 25.9. The van der Waals surface area contributed by atoms with Crippen LogP contribution in [0, 0.1) is 10.8 Å². The smallest absolute Gasteiger partial charge is 0.322 e. The van der Waals surface area contributed by atoms with Crippen molar-refractivity contribution < 1.29 is 23.9 Å². The normalized spacial score (nSPS) is 29.6. The Labute approximate surface area is 211 Å². The van der Waals surface area contributed by atoms with Crippen molar-refractivity contribution in [3.05, 3.63) is 60.2 Å². The van der Waals surface area contributed by atoms with Crippen LogP contribution in [0.5, 0.6) is 0 Å². The monoisotopic (exact) mass is 495 g/mol. The van der Waals surface area contributed by atoms with Crippen molar-refractivity contribution in [3.8, 4) is 0 Å². The van der Waals surface area contributed by atoms with E-state index in [-0.39, 0.29) is 19.3 Å². The maximum atomic E-state index is 14.8. The third-order valence-electron chi connectivity index (χ3n) is 7.77. The van der Waals surface area contributed by atoms with Crippen LogP contribution < -0.4 is 0 Å². The number of hydrogen-bond donors (Lipinski definition) is 0. The van der Waals surface area contributed by atoms with E-state index >= 15 is 0 Å². The number of esters is 2. The van der Waals surface area contributed by atoms with Gasteiger partial charge in [0.25, 0.3) is 0 Å². The summed E-state index contributed by atoms with van der Waals surface area (Å²) in [5.74, 6) is -1.95. The fourth-order valence-corrected chi connectivity index (χ4v) is 5.99. The highest BCUT2D eigenvalue weighted by Gasteiger charge is 2.75. The third kappa shape index (κ3) is 3.63. The lowest BCUT2D eigenvalue weighted by Crippen LogP contribution is -2.76. The summed E-state index contributed by atoms with van der Waals surface area (Å²) < 4.78 is 10.6. The summed E-state index contributed by atoms with van der Waals surface area (Å²) in [5, 5.41) is 0. The van der Waals surface area contributed by atoms with Crippen LogP contribution in [0.1, 0.15) is 30.4 Å². The lowest BCUT2D eigenvalue weighted by atomic mass is 9.54. The number of fused-ring (bicyclic) bond motifs is 2. The summed E-state index contributed by atoms with van der Waals surface area (Å²) in [5.41, 5.74) is -2.42. The van der Waals surface area contributed by atoms with Gasteiger partial charge in [0, 0.05) is 25.5 Å². The van der Waals surface area contributed by atoms with Gasteiger partial charge in [-0.3, -0.25) is 39.1 Å². The Balaban J connectivity index is 2.09.